The highest BCUT2D eigenvalue weighted by molar-refractivity contribution is 5.69. The Kier molecular flexibility index (Phi) is 15.3. The molecule has 0 amide bonds. The molecule has 0 radical (unpaired) electrons. The summed E-state index contributed by atoms with van der Waals surface area (Å²) in [6.45, 7) is 7.64. The lowest BCUT2D eigenvalue weighted by atomic mass is 10.1. The highest BCUT2D eigenvalue weighted by atomic mass is 16.7. The summed E-state index contributed by atoms with van der Waals surface area (Å²) in [5.74, 6) is -0.144. The molecule has 1 atom stereocenters. The zero-order chi connectivity index (χ0) is 15.8. The molecular weight excluding hydrogens is 268 g/mol. The van der Waals surface area contributed by atoms with E-state index in [1.807, 2.05) is 6.92 Å². The third-order valence-corrected chi connectivity index (χ3v) is 3.27. The lowest BCUT2D eigenvalue weighted by Crippen LogP contribution is -2.25. The summed E-state index contributed by atoms with van der Waals surface area (Å²) in [5, 5.41) is 0. The van der Waals surface area contributed by atoms with E-state index >= 15 is 0 Å². The van der Waals surface area contributed by atoms with E-state index in [0.29, 0.717) is 19.6 Å². The topological polar surface area (TPSA) is 44.8 Å². The maximum absolute atomic E-state index is 11.6. The first-order chi connectivity index (χ1) is 10.2. The number of carbonyl (C=O) groups is 1. The third kappa shape index (κ3) is 14.1. The highest BCUT2D eigenvalue weighted by Gasteiger charge is 2.12. The van der Waals surface area contributed by atoms with Crippen LogP contribution in [0.4, 0.5) is 0 Å². The van der Waals surface area contributed by atoms with Crippen LogP contribution in [0.5, 0.6) is 0 Å². The normalized spacial score (nSPS) is 12.3. The number of ether oxygens (including phenoxy) is 3. The van der Waals surface area contributed by atoms with Crippen molar-refractivity contribution in [1.82, 2.24) is 0 Å². The molecule has 0 saturated carbocycles. The van der Waals surface area contributed by atoms with Gasteiger partial charge in [0.05, 0.1) is 0 Å². The predicted molar refractivity (Wildman–Crippen MR) is 85.2 cm³/mol. The number of rotatable bonds is 15. The number of hydrogen-bond donors (Lipinski definition) is 0. The van der Waals surface area contributed by atoms with Crippen LogP contribution in [0.15, 0.2) is 0 Å². The van der Waals surface area contributed by atoms with Crippen molar-refractivity contribution in [3.8, 4) is 0 Å². The Hall–Kier alpha value is -0.610. The average Bonchev–Trinajstić information content (AvgIpc) is 2.48. The molecule has 0 aromatic carbocycles. The summed E-state index contributed by atoms with van der Waals surface area (Å²) in [7, 11) is 0. The number of hydrogen-bond acceptors (Lipinski definition) is 4. The van der Waals surface area contributed by atoms with Crippen LogP contribution < -0.4 is 0 Å². The Morgan fingerprint density at radius 3 is 2.19 bits per heavy atom. The van der Waals surface area contributed by atoms with Gasteiger partial charge in [0.25, 0.3) is 0 Å². The second-order valence-electron chi connectivity index (χ2n) is 5.31. The van der Waals surface area contributed by atoms with Crippen molar-refractivity contribution in [3.05, 3.63) is 0 Å². The second kappa shape index (κ2) is 15.8. The minimum Gasteiger partial charge on any atom is -0.460 e. The van der Waals surface area contributed by atoms with Gasteiger partial charge in [0.15, 0.2) is 6.29 Å². The van der Waals surface area contributed by atoms with Crippen LogP contribution >= 0.6 is 0 Å². The summed E-state index contributed by atoms with van der Waals surface area (Å²) in [6, 6.07) is 0. The molecule has 0 saturated heterocycles. The van der Waals surface area contributed by atoms with Crippen molar-refractivity contribution in [3.63, 3.8) is 0 Å². The van der Waals surface area contributed by atoms with Gasteiger partial charge in [-0.05, 0) is 19.8 Å². The predicted octanol–water partition coefficient (Wildman–Crippen LogP) is 4.46. The SMILES string of the molecule is CCCCCCCCC(=O)OCC(OCC)OCCCC. The van der Waals surface area contributed by atoms with E-state index in [1.165, 1.54) is 25.7 Å². The fourth-order valence-corrected chi connectivity index (χ4v) is 1.97. The zero-order valence-corrected chi connectivity index (χ0v) is 14.2. The van der Waals surface area contributed by atoms with Crippen molar-refractivity contribution in [2.24, 2.45) is 0 Å². The van der Waals surface area contributed by atoms with E-state index in [9.17, 15) is 4.79 Å². The first-order valence-electron chi connectivity index (χ1n) is 8.63. The summed E-state index contributed by atoms with van der Waals surface area (Å²) in [4.78, 5) is 11.6. The van der Waals surface area contributed by atoms with E-state index in [-0.39, 0.29) is 12.6 Å². The Labute approximate surface area is 130 Å². The molecule has 0 aromatic rings. The van der Waals surface area contributed by atoms with Crippen LogP contribution in [-0.2, 0) is 19.0 Å². The molecule has 0 aliphatic heterocycles. The Morgan fingerprint density at radius 2 is 1.52 bits per heavy atom. The van der Waals surface area contributed by atoms with Crippen LogP contribution in [0.2, 0.25) is 0 Å². The quantitative estimate of drug-likeness (QED) is 0.254. The van der Waals surface area contributed by atoms with Gasteiger partial charge in [0, 0.05) is 19.6 Å². The number of unbranched alkanes of at least 4 members (excludes halogenated alkanes) is 6. The van der Waals surface area contributed by atoms with Gasteiger partial charge in [-0.25, -0.2) is 0 Å². The highest BCUT2D eigenvalue weighted by Crippen LogP contribution is 2.08. The number of carbonyl (C=O) groups excluding carboxylic acids is 1. The zero-order valence-electron chi connectivity index (χ0n) is 14.2. The van der Waals surface area contributed by atoms with Gasteiger partial charge >= 0.3 is 5.97 Å². The van der Waals surface area contributed by atoms with Gasteiger partial charge in [-0.2, -0.15) is 0 Å². The van der Waals surface area contributed by atoms with Crippen molar-refractivity contribution >= 4 is 5.97 Å². The molecule has 0 spiro atoms. The molecule has 0 rings (SSSR count). The molecule has 0 fully saturated rings. The Morgan fingerprint density at radius 1 is 0.857 bits per heavy atom. The van der Waals surface area contributed by atoms with Crippen molar-refractivity contribution in [1.29, 1.82) is 0 Å². The Bertz CT molecular complexity index is 231. The van der Waals surface area contributed by atoms with Gasteiger partial charge in [-0.3, -0.25) is 4.79 Å². The first kappa shape index (κ1) is 20.4. The molecule has 21 heavy (non-hydrogen) atoms. The van der Waals surface area contributed by atoms with E-state index < -0.39 is 6.29 Å². The molecule has 0 aromatic heterocycles. The lowest BCUT2D eigenvalue weighted by molar-refractivity contribution is -0.181. The van der Waals surface area contributed by atoms with Crippen molar-refractivity contribution < 1.29 is 19.0 Å². The molecule has 126 valence electrons. The fraction of sp³-hybridized carbons (Fsp3) is 0.941. The van der Waals surface area contributed by atoms with Gasteiger partial charge in [-0.1, -0.05) is 52.4 Å². The Balaban J connectivity index is 3.61. The monoisotopic (exact) mass is 302 g/mol. The lowest BCUT2D eigenvalue weighted by Gasteiger charge is -2.17. The van der Waals surface area contributed by atoms with E-state index in [0.717, 1.165) is 25.7 Å². The summed E-state index contributed by atoms with van der Waals surface area (Å²) >= 11 is 0. The second-order valence-corrected chi connectivity index (χ2v) is 5.31. The average molecular weight is 302 g/mol. The molecule has 0 heterocycles. The molecular formula is C17H34O4. The third-order valence-electron chi connectivity index (χ3n) is 3.27. The maximum Gasteiger partial charge on any atom is 0.305 e. The molecule has 4 nitrogen and oxygen atoms in total. The van der Waals surface area contributed by atoms with Crippen LogP contribution in [0.25, 0.3) is 0 Å². The van der Waals surface area contributed by atoms with Crippen LogP contribution in [0, 0.1) is 0 Å². The van der Waals surface area contributed by atoms with Gasteiger partial charge in [0.1, 0.15) is 6.61 Å². The first-order valence-corrected chi connectivity index (χ1v) is 8.63. The molecule has 0 aliphatic carbocycles. The van der Waals surface area contributed by atoms with Crippen LogP contribution in [0.3, 0.4) is 0 Å². The minimum absolute atomic E-state index is 0.144. The summed E-state index contributed by atoms with van der Waals surface area (Å²) in [5.41, 5.74) is 0. The molecule has 0 N–H and O–H groups in total. The van der Waals surface area contributed by atoms with E-state index in [4.69, 9.17) is 14.2 Å². The van der Waals surface area contributed by atoms with E-state index in [1.54, 1.807) is 0 Å². The van der Waals surface area contributed by atoms with Crippen LogP contribution in [0.1, 0.15) is 78.6 Å². The summed E-state index contributed by atoms with van der Waals surface area (Å²) < 4.78 is 16.2. The summed E-state index contributed by atoms with van der Waals surface area (Å²) in [6.07, 6.45) is 9.19. The smallest absolute Gasteiger partial charge is 0.305 e. The fourth-order valence-electron chi connectivity index (χ4n) is 1.97. The van der Waals surface area contributed by atoms with Gasteiger partial charge in [0.2, 0.25) is 0 Å². The van der Waals surface area contributed by atoms with Gasteiger partial charge < -0.3 is 14.2 Å². The minimum atomic E-state index is -0.421. The van der Waals surface area contributed by atoms with Crippen LogP contribution in [-0.4, -0.2) is 32.1 Å². The van der Waals surface area contributed by atoms with Crippen molar-refractivity contribution in [2.75, 3.05) is 19.8 Å². The molecule has 1 unspecified atom stereocenters. The standard InChI is InChI=1S/C17H34O4/c1-4-7-9-10-11-12-13-16(18)21-15-17(19-6-3)20-14-8-5-2/h17H,4-15H2,1-3H3. The van der Waals surface area contributed by atoms with E-state index in [2.05, 4.69) is 13.8 Å². The molecule has 0 aliphatic rings. The molecule has 0 bridgehead atoms. The largest absolute Gasteiger partial charge is 0.460 e. The van der Waals surface area contributed by atoms with Crippen molar-refractivity contribution in [2.45, 2.75) is 84.8 Å². The molecule has 4 heteroatoms. The van der Waals surface area contributed by atoms with Gasteiger partial charge in [-0.15, -0.1) is 0 Å². The number of esters is 1. The maximum atomic E-state index is 11.6.